The Hall–Kier alpha value is -2.18. The molecule has 5 nitrogen and oxygen atoms in total. The molecule has 28 heavy (non-hydrogen) atoms. The Morgan fingerprint density at radius 2 is 1.96 bits per heavy atom. The fraction of sp³-hybridized carbons (Fsp3) is 0.455. The molecule has 1 aromatic carbocycles. The lowest BCUT2D eigenvalue weighted by atomic mass is 9.75. The molecule has 1 N–H and O–H groups in total. The Morgan fingerprint density at radius 1 is 1.21 bits per heavy atom. The van der Waals surface area contributed by atoms with Gasteiger partial charge in [-0.15, -0.1) is 11.3 Å². The highest BCUT2D eigenvalue weighted by atomic mass is 32.1. The fourth-order valence-corrected chi connectivity index (χ4v) is 5.48. The van der Waals surface area contributed by atoms with Crippen molar-refractivity contribution in [1.29, 1.82) is 0 Å². The van der Waals surface area contributed by atoms with Crippen LogP contribution in [0.1, 0.15) is 45.9 Å². The van der Waals surface area contributed by atoms with Crippen molar-refractivity contribution in [2.45, 2.75) is 26.7 Å². The minimum absolute atomic E-state index is 0.0550. The minimum Gasteiger partial charge on any atom is -0.378 e. The fourth-order valence-electron chi connectivity index (χ4n) is 4.15. The van der Waals surface area contributed by atoms with Crippen molar-refractivity contribution in [3.63, 3.8) is 0 Å². The van der Waals surface area contributed by atoms with E-state index < -0.39 is 0 Å². The maximum atomic E-state index is 12.9. The van der Waals surface area contributed by atoms with Gasteiger partial charge in [0.15, 0.2) is 5.78 Å². The zero-order chi connectivity index (χ0) is 19.9. The van der Waals surface area contributed by atoms with Crippen LogP contribution in [0.5, 0.6) is 0 Å². The number of amides is 1. The van der Waals surface area contributed by atoms with Crippen LogP contribution in [0.15, 0.2) is 24.3 Å². The smallest absolute Gasteiger partial charge is 0.251 e. The molecular formula is C22H26N2O3S. The van der Waals surface area contributed by atoms with Gasteiger partial charge in [-0.3, -0.25) is 9.59 Å². The number of rotatable bonds is 3. The first-order valence-electron chi connectivity index (χ1n) is 9.74. The Morgan fingerprint density at radius 3 is 2.68 bits per heavy atom. The molecule has 0 saturated carbocycles. The molecule has 1 amide bonds. The van der Waals surface area contributed by atoms with Gasteiger partial charge < -0.3 is 15.0 Å². The number of nitrogens with zero attached hydrogens (tertiary/aromatic N) is 1. The first-order chi connectivity index (χ1) is 13.4. The van der Waals surface area contributed by atoms with Gasteiger partial charge in [0.1, 0.15) is 0 Å². The second kappa shape index (κ2) is 7.33. The summed E-state index contributed by atoms with van der Waals surface area (Å²) in [5.74, 6) is 0.134. The normalized spacial score (nSPS) is 18.7. The largest absolute Gasteiger partial charge is 0.378 e. The summed E-state index contributed by atoms with van der Waals surface area (Å²) in [6, 6.07) is 7.73. The lowest BCUT2D eigenvalue weighted by molar-refractivity contribution is 0.0916. The summed E-state index contributed by atoms with van der Waals surface area (Å²) in [5.41, 5.74) is 3.84. The Kier molecular flexibility index (Phi) is 5.02. The van der Waals surface area contributed by atoms with Crippen molar-refractivity contribution >= 4 is 28.0 Å². The third kappa shape index (κ3) is 3.47. The number of hydrogen-bond donors (Lipinski definition) is 1. The van der Waals surface area contributed by atoms with Crippen LogP contribution < -0.4 is 10.2 Å². The number of ether oxygens (including phenoxy) is 1. The van der Waals surface area contributed by atoms with Gasteiger partial charge in [0.2, 0.25) is 0 Å². The minimum atomic E-state index is -0.102. The van der Waals surface area contributed by atoms with Crippen LogP contribution >= 0.6 is 11.3 Å². The SMILES string of the molecule is CNC(=O)c1cccc(-c2c(N3CCOCC3)sc3c2CC(C)(C)CC3=O)c1. The van der Waals surface area contributed by atoms with Gasteiger partial charge >= 0.3 is 0 Å². The third-order valence-corrected chi connectivity index (χ3v) is 6.81. The van der Waals surface area contributed by atoms with Crippen LogP contribution in [0.25, 0.3) is 11.1 Å². The number of thiophene rings is 1. The van der Waals surface area contributed by atoms with Crippen molar-refractivity contribution in [3.8, 4) is 11.1 Å². The van der Waals surface area contributed by atoms with E-state index in [1.54, 1.807) is 18.4 Å². The Labute approximate surface area is 169 Å². The molecule has 1 fully saturated rings. The Balaban J connectivity index is 1.89. The van der Waals surface area contributed by atoms with E-state index in [2.05, 4.69) is 24.1 Å². The number of morpholine rings is 1. The van der Waals surface area contributed by atoms with Gasteiger partial charge in [0, 0.05) is 37.7 Å². The van der Waals surface area contributed by atoms with Crippen LogP contribution in [-0.4, -0.2) is 45.0 Å². The van der Waals surface area contributed by atoms with Gasteiger partial charge in [0.25, 0.3) is 5.91 Å². The molecule has 6 heteroatoms. The summed E-state index contributed by atoms with van der Waals surface area (Å²) in [5, 5.41) is 3.83. The van der Waals surface area contributed by atoms with Crippen molar-refractivity contribution in [2.75, 3.05) is 38.3 Å². The molecule has 1 aliphatic heterocycles. The standard InChI is InChI=1S/C22H26N2O3S/c1-22(2)12-16-18(14-5-4-6-15(11-14)20(26)23-3)21(24-7-9-27-10-8-24)28-19(16)17(25)13-22/h4-6,11H,7-10,12-13H2,1-3H3,(H,23,26). The van der Waals surface area contributed by atoms with E-state index in [4.69, 9.17) is 4.74 Å². The summed E-state index contributed by atoms with van der Waals surface area (Å²) in [4.78, 5) is 28.3. The van der Waals surface area contributed by atoms with Gasteiger partial charge in [-0.25, -0.2) is 0 Å². The van der Waals surface area contributed by atoms with Crippen molar-refractivity contribution in [3.05, 3.63) is 40.3 Å². The average molecular weight is 399 g/mol. The number of fused-ring (bicyclic) bond motifs is 1. The number of carbonyl (C=O) groups is 2. The van der Waals surface area contributed by atoms with Crippen molar-refractivity contribution in [2.24, 2.45) is 5.41 Å². The summed E-state index contributed by atoms with van der Waals surface area (Å²) in [6.45, 7) is 7.34. The van der Waals surface area contributed by atoms with Crippen molar-refractivity contribution in [1.82, 2.24) is 5.32 Å². The number of hydrogen-bond acceptors (Lipinski definition) is 5. The zero-order valence-corrected chi connectivity index (χ0v) is 17.4. The van der Waals surface area contributed by atoms with Gasteiger partial charge in [-0.05, 0) is 35.1 Å². The molecular weight excluding hydrogens is 372 g/mol. The summed E-state index contributed by atoms with van der Waals surface area (Å²) < 4.78 is 5.53. The van der Waals surface area contributed by atoms with Crippen LogP contribution in [-0.2, 0) is 11.2 Å². The molecule has 0 spiro atoms. The molecule has 1 aromatic heterocycles. The maximum Gasteiger partial charge on any atom is 0.251 e. The van der Waals surface area contributed by atoms with Crippen LogP contribution in [0.4, 0.5) is 5.00 Å². The highest BCUT2D eigenvalue weighted by molar-refractivity contribution is 7.19. The highest BCUT2D eigenvalue weighted by Crippen LogP contribution is 2.49. The van der Waals surface area contributed by atoms with E-state index in [1.807, 2.05) is 24.3 Å². The molecule has 4 rings (SSSR count). The summed E-state index contributed by atoms with van der Waals surface area (Å²) in [7, 11) is 1.64. The van der Waals surface area contributed by atoms with Crippen molar-refractivity contribution < 1.29 is 14.3 Å². The predicted octanol–water partition coefficient (Wildman–Crippen LogP) is 3.77. The Bertz CT molecular complexity index is 926. The average Bonchev–Trinajstić information content (AvgIpc) is 3.06. The monoisotopic (exact) mass is 398 g/mol. The van der Waals surface area contributed by atoms with Crippen LogP contribution in [0.2, 0.25) is 0 Å². The first-order valence-corrected chi connectivity index (χ1v) is 10.6. The maximum absolute atomic E-state index is 12.9. The number of Topliss-reactive ketones (excluding diaryl/α,β-unsaturated/α-hetero) is 1. The first kappa shape index (κ1) is 19.2. The number of ketones is 1. The van der Waals surface area contributed by atoms with Crippen LogP contribution in [0, 0.1) is 5.41 Å². The molecule has 2 aliphatic rings. The van der Waals surface area contributed by atoms with E-state index in [-0.39, 0.29) is 17.1 Å². The summed E-state index contributed by atoms with van der Waals surface area (Å²) >= 11 is 1.61. The van der Waals surface area contributed by atoms with E-state index in [0.29, 0.717) is 25.2 Å². The van der Waals surface area contributed by atoms with Gasteiger partial charge in [-0.2, -0.15) is 0 Å². The van der Waals surface area contributed by atoms with Gasteiger partial charge in [0.05, 0.1) is 23.1 Å². The van der Waals surface area contributed by atoms with E-state index >= 15 is 0 Å². The second-order valence-corrected chi connectivity index (χ2v) is 9.29. The number of carbonyl (C=O) groups excluding carboxylic acids is 2. The van der Waals surface area contributed by atoms with E-state index in [9.17, 15) is 9.59 Å². The quantitative estimate of drug-likeness (QED) is 0.855. The molecule has 0 unspecified atom stereocenters. The molecule has 148 valence electrons. The van der Waals surface area contributed by atoms with Crippen LogP contribution in [0.3, 0.4) is 0 Å². The number of anilines is 1. The molecule has 1 saturated heterocycles. The molecule has 2 aromatic rings. The predicted molar refractivity (Wildman–Crippen MR) is 113 cm³/mol. The third-order valence-electron chi connectivity index (χ3n) is 5.47. The highest BCUT2D eigenvalue weighted by Gasteiger charge is 2.37. The lowest BCUT2D eigenvalue weighted by Gasteiger charge is -2.30. The number of nitrogens with one attached hydrogen (secondary N) is 1. The molecule has 0 atom stereocenters. The van der Waals surface area contributed by atoms with Gasteiger partial charge in [-0.1, -0.05) is 26.0 Å². The zero-order valence-electron chi connectivity index (χ0n) is 16.6. The lowest BCUT2D eigenvalue weighted by Crippen LogP contribution is -2.36. The molecule has 2 heterocycles. The molecule has 0 radical (unpaired) electrons. The molecule has 1 aliphatic carbocycles. The molecule has 0 bridgehead atoms. The number of benzene rings is 1. The van der Waals surface area contributed by atoms with E-state index in [0.717, 1.165) is 46.1 Å². The summed E-state index contributed by atoms with van der Waals surface area (Å²) in [6.07, 6.45) is 1.45. The van der Waals surface area contributed by atoms with E-state index in [1.165, 1.54) is 0 Å². The topological polar surface area (TPSA) is 58.6 Å². The second-order valence-electron chi connectivity index (χ2n) is 8.29.